The zero-order chi connectivity index (χ0) is 13.7. The van der Waals surface area contributed by atoms with Crippen LogP contribution in [-0.4, -0.2) is 37.8 Å². The summed E-state index contributed by atoms with van der Waals surface area (Å²) < 4.78 is 5.73. The molecule has 0 radical (unpaired) electrons. The monoisotopic (exact) mass is 263 g/mol. The Kier molecular flexibility index (Phi) is 5.16. The molecule has 0 spiro atoms. The maximum Gasteiger partial charge on any atom is 0.131 e. The molecule has 0 aromatic carbocycles. The van der Waals surface area contributed by atoms with Crippen LogP contribution >= 0.6 is 0 Å². The van der Waals surface area contributed by atoms with Crippen molar-refractivity contribution in [2.45, 2.75) is 39.3 Å². The lowest BCUT2D eigenvalue weighted by Crippen LogP contribution is -2.33. The number of aryl methyl sites for hydroxylation is 1. The van der Waals surface area contributed by atoms with E-state index in [1.165, 1.54) is 24.0 Å². The van der Waals surface area contributed by atoms with E-state index in [1.54, 1.807) is 0 Å². The van der Waals surface area contributed by atoms with Gasteiger partial charge in [0.1, 0.15) is 5.82 Å². The number of rotatable bonds is 6. The minimum Gasteiger partial charge on any atom is -0.376 e. The molecule has 0 amide bonds. The zero-order valence-electron chi connectivity index (χ0n) is 12.3. The first kappa shape index (κ1) is 14.3. The van der Waals surface area contributed by atoms with Crippen LogP contribution in [0.5, 0.6) is 0 Å². The van der Waals surface area contributed by atoms with Crippen LogP contribution in [0.25, 0.3) is 0 Å². The van der Waals surface area contributed by atoms with Gasteiger partial charge in [0.15, 0.2) is 0 Å². The molecule has 0 saturated carbocycles. The van der Waals surface area contributed by atoms with E-state index in [-0.39, 0.29) is 0 Å². The standard InChI is InChI=1S/C15H25N3O/c1-4-18(11-14-6-5-7-19-14)15-12(2)8-13(9-16-3)10-17-15/h8,10,14,16H,4-7,9,11H2,1-3H3. The summed E-state index contributed by atoms with van der Waals surface area (Å²) in [4.78, 5) is 6.97. The van der Waals surface area contributed by atoms with Gasteiger partial charge in [0.05, 0.1) is 6.10 Å². The highest BCUT2D eigenvalue weighted by Crippen LogP contribution is 2.21. The van der Waals surface area contributed by atoms with Crippen LogP contribution in [0.4, 0.5) is 5.82 Å². The number of anilines is 1. The summed E-state index contributed by atoms with van der Waals surface area (Å²) >= 11 is 0. The van der Waals surface area contributed by atoms with E-state index in [2.05, 4.69) is 35.1 Å². The molecule has 1 aliphatic rings. The van der Waals surface area contributed by atoms with Gasteiger partial charge in [0, 0.05) is 32.4 Å². The largest absolute Gasteiger partial charge is 0.376 e. The van der Waals surface area contributed by atoms with E-state index in [0.717, 1.165) is 32.1 Å². The summed E-state index contributed by atoms with van der Waals surface area (Å²) in [5.41, 5.74) is 2.48. The molecule has 1 saturated heterocycles. The predicted octanol–water partition coefficient (Wildman–Crippen LogP) is 2.11. The lowest BCUT2D eigenvalue weighted by Gasteiger charge is -2.26. The van der Waals surface area contributed by atoms with Gasteiger partial charge >= 0.3 is 0 Å². The fourth-order valence-corrected chi connectivity index (χ4v) is 2.66. The van der Waals surface area contributed by atoms with E-state index < -0.39 is 0 Å². The van der Waals surface area contributed by atoms with Crippen molar-refractivity contribution in [2.75, 3.05) is 31.6 Å². The fourth-order valence-electron chi connectivity index (χ4n) is 2.66. The Morgan fingerprint density at radius 3 is 2.95 bits per heavy atom. The molecule has 4 nitrogen and oxygen atoms in total. The molecular formula is C15H25N3O. The van der Waals surface area contributed by atoms with Crippen molar-refractivity contribution >= 4 is 5.82 Å². The molecular weight excluding hydrogens is 238 g/mol. The van der Waals surface area contributed by atoms with Gasteiger partial charge in [0.2, 0.25) is 0 Å². The lowest BCUT2D eigenvalue weighted by atomic mass is 10.1. The molecule has 0 aliphatic carbocycles. The van der Waals surface area contributed by atoms with Crippen molar-refractivity contribution in [1.82, 2.24) is 10.3 Å². The number of likely N-dealkylation sites (N-methyl/N-ethyl adjacent to an activating group) is 1. The van der Waals surface area contributed by atoms with Crippen molar-refractivity contribution in [3.63, 3.8) is 0 Å². The van der Waals surface area contributed by atoms with Crippen LogP contribution < -0.4 is 10.2 Å². The minimum absolute atomic E-state index is 0.373. The maximum atomic E-state index is 5.73. The topological polar surface area (TPSA) is 37.4 Å². The average molecular weight is 263 g/mol. The molecule has 2 rings (SSSR count). The third-order valence-corrected chi connectivity index (χ3v) is 3.62. The Morgan fingerprint density at radius 2 is 2.37 bits per heavy atom. The Bertz CT molecular complexity index is 402. The number of nitrogens with one attached hydrogen (secondary N) is 1. The number of hydrogen-bond acceptors (Lipinski definition) is 4. The smallest absolute Gasteiger partial charge is 0.131 e. The highest BCUT2D eigenvalue weighted by atomic mass is 16.5. The molecule has 2 heterocycles. The van der Waals surface area contributed by atoms with Crippen molar-refractivity contribution in [2.24, 2.45) is 0 Å². The van der Waals surface area contributed by atoms with Crippen molar-refractivity contribution in [1.29, 1.82) is 0 Å². The van der Waals surface area contributed by atoms with E-state index in [9.17, 15) is 0 Å². The van der Waals surface area contributed by atoms with Gasteiger partial charge in [0.25, 0.3) is 0 Å². The van der Waals surface area contributed by atoms with E-state index >= 15 is 0 Å². The highest BCUT2D eigenvalue weighted by Gasteiger charge is 2.20. The van der Waals surface area contributed by atoms with Gasteiger partial charge in [-0.3, -0.25) is 0 Å². The quantitative estimate of drug-likeness (QED) is 0.853. The van der Waals surface area contributed by atoms with Gasteiger partial charge in [-0.25, -0.2) is 4.98 Å². The molecule has 4 heteroatoms. The summed E-state index contributed by atoms with van der Waals surface area (Å²) in [7, 11) is 1.96. The van der Waals surface area contributed by atoms with Gasteiger partial charge in [-0.2, -0.15) is 0 Å². The maximum absolute atomic E-state index is 5.73. The third-order valence-electron chi connectivity index (χ3n) is 3.62. The molecule has 1 unspecified atom stereocenters. The zero-order valence-corrected chi connectivity index (χ0v) is 12.3. The first-order valence-corrected chi connectivity index (χ1v) is 7.21. The van der Waals surface area contributed by atoms with Gasteiger partial charge in [-0.1, -0.05) is 0 Å². The first-order chi connectivity index (χ1) is 9.24. The Morgan fingerprint density at radius 1 is 1.53 bits per heavy atom. The first-order valence-electron chi connectivity index (χ1n) is 7.21. The fraction of sp³-hybridized carbons (Fsp3) is 0.667. The van der Waals surface area contributed by atoms with Crippen molar-refractivity contribution in [3.8, 4) is 0 Å². The Labute approximate surface area is 116 Å². The Balaban J connectivity index is 2.08. The summed E-state index contributed by atoms with van der Waals surface area (Å²) in [6.45, 7) is 8.02. The van der Waals surface area contributed by atoms with E-state index in [1.807, 2.05) is 13.2 Å². The van der Waals surface area contributed by atoms with Crippen molar-refractivity contribution in [3.05, 3.63) is 23.4 Å². The van der Waals surface area contributed by atoms with Crippen LogP contribution in [0.15, 0.2) is 12.3 Å². The normalized spacial score (nSPS) is 18.8. The minimum atomic E-state index is 0.373. The van der Waals surface area contributed by atoms with Crippen LogP contribution in [0.2, 0.25) is 0 Å². The molecule has 1 atom stereocenters. The predicted molar refractivity (Wildman–Crippen MR) is 78.6 cm³/mol. The molecule has 19 heavy (non-hydrogen) atoms. The van der Waals surface area contributed by atoms with E-state index in [0.29, 0.717) is 6.10 Å². The van der Waals surface area contributed by atoms with Gasteiger partial charge < -0.3 is 15.0 Å². The molecule has 1 aliphatic heterocycles. The van der Waals surface area contributed by atoms with Crippen LogP contribution in [0, 0.1) is 6.92 Å². The molecule has 1 aromatic rings. The SMILES string of the molecule is CCN(CC1CCCO1)c1ncc(CNC)cc1C. The van der Waals surface area contributed by atoms with Crippen molar-refractivity contribution < 1.29 is 4.74 Å². The molecule has 106 valence electrons. The average Bonchev–Trinajstić information content (AvgIpc) is 2.90. The van der Waals surface area contributed by atoms with Gasteiger partial charge in [-0.15, -0.1) is 0 Å². The summed E-state index contributed by atoms with van der Waals surface area (Å²) in [5.74, 6) is 1.10. The van der Waals surface area contributed by atoms with Crippen LogP contribution in [-0.2, 0) is 11.3 Å². The number of hydrogen-bond donors (Lipinski definition) is 1. The molecule has 1 aromatic heterocycles. The summed E-state index contributed by atoms with van der Waals surface area (Å²) in [6, 6.07) is 2.22. The number of nitrogens with zero attached hydrogens (tertiary/aromatic N) is 2. The van der Waals surface area contributed by atoms with Gasteiger partial charge in [-0.05, 0) is 50.9 Å². The molecule has 1 N–H and O–H groups in total. The molecule has 0 bridgehead atoms. The second-order valence-electron chi connectivity index (χ2n) is 5.19. The second kappa shape index (κ2) is 6.87. The third kappa shape index (κ3) is 3.67. The van der Waals surface area contributed by atoms with Crippen LogP contribution in [0.1, 0.15) is 30.9 Å². The highest BCUT2D eigenvalue weighted by molar-refractivity contribution is 5.47. The summed E-state index contributed by atoms with van der Waals surface area (Å²) in [6.07, 6.45) is 4.71. The number of pyridine rings is 1. The Hall–Kier alpha value is -1.13. The second-order valence-corrected chi connectivity index (χ2v) is 5.19. The summed E-state index contributed by atoms with van der Waals surface area (Å²) in [5, 5.41) is 3.16. The number of ether oxygens (including phenoxy) is 1. The lowest BCUT2D eigenvalue weighted by molar-refractivity contribution is 0.115. The molecule has 1 fully saturated rings. The van der Waals surface area contributed by atoms with Crippen LogP contribution in [0.3, 0.4) is 0 Å². The van der Waals surface area contributed by atoms with E-state index in [4.69, 9.17) is 4.74 Å². The number of aromatic nitrogens is 1.